The first-order valence-electron chi connectivity index (χ1n) is 5.03. The van der Waals surface area contributed by atoms with Gasteiger partial charge in [-0.05, 0) is 36.4 Å². The first-order valence-corrected chi connectivity index (χ1v) is 6.23. The average molecular weight is 281 g/mol. The van der Waals surface area contributed by atoms with Gasteiger partial charge >= 0.3 is 0 Å². The Morgan fingerprint density at radius 3 is 2.44 bits per heavy atom. The molecule has 2 rings (SSSR count). The van der Waals surface area contributed by atoms with Crippen molar-refractivity contribution in [1.82, 2.24) is 0 Å². The fraction of sp³-hybridized carbons (Fsp3) is 0. The van der Waals surface area contributed by atoms with E-state index < -0.39 is 4.92 Å². The standard InChI is InChI=1S/C12H9ClN2O2S/c13-8-1-4-10(5-2-8)18-12-6-3-9(14)7-11(12)15(16)17/h1-7H,14H2. The number of halogens is 1. The van der Waals surface area contributed by atoms with Crippen molar-refractivity contribution in [3.05, 3.63) is 57.6 Å². The van der Waals surface area contributed by atoms with Crippen LogP contribution in [0.3, 0.4) is 0 Å². The number of anilines is 1. The molecule has 0 radical (unpaired) electrons. The second kappa shape index (κ2) is 5.29. The van der Waals surface area contributed by atoms with Gasteiger partial charge in [-0.1, -0.05) is 23.4 Å². The minimum Gasteiger partial charge on any atom is -0.399 e. The highest BCUT2D eigenvalue weighted by molar-refractivity contribution is 7.99. The fourth-order valence-corrected chi connectivity index (χ4v) is 2.42. The van der Waals surface area contributed by atoms with Crippen LogP contribution in [0.5, 0.6) is 0 Å². The molecule has 0 aliphatic heterocycles. The fourth-order valence-electron chi connectivity index (χ4n) is 1.39. The monoisotopic (exact) mass is 280 g/mol. The summed E-state index contributed by atoms with van der Waals surface area (Å²) in [6.45, 7) is 0. The highest BCUT2D eigenvalue weighted by Gasteiger charge is 2.14. The number of nitro benzene ring substituents is 1. The molecule has 0 spiro atoms. The summed E-state index contributed by atoms with van der Waals surface area (Å²) >= 11 is 7.09. The van der Waals surface area contributed by atoms with E-state index in [-0.39, 0.29) is 5.69 Å². The maximum Gasteiger partial charge on any atom is 0.285 e. The summed E-state index contributed by atoms with van der Waals surface area (Å²) in [5.74, 6) is 0. The molecule has 92 valence electrons. The number of nitro groups is 1. The van der Waals surface area contributed by atoms with Crippen molar-refractivity contribution in [1.29, 1.82) is 0 Å². The van der Waals surface area contributed by atoms with E-state index >= 15 is 0 Å². The van der Waals surface area contributed by atoms with Crippen molar-refractivity contribution < 1.29 is 4.92 Å². The van der Waals surface area contributed by atoms with Gasteiger partial charge in [0.05, 0.1) is 9.82 Å². The van der Waals surface area contributed by atoms with Crippen LogP contribution in [0.4, 0.5) is 11.4 Å². The van der Waals surface area contributed by atoms with E-state index in [1.807, 2.05) is 12.1 Å². The molecule has 0 atom stereocenters. The average Bonchev–Trinajstić information content (AvgIpc) is 2.34. The Morgan fingerprint density at radius 1 is 1.17 bits per heavy atom. The van der Waals surface area contributed by atoms with Crippen molar-refractivity contribution in [2.24, 2.45) is 0 Å². The van der Waals surface area contributed by atoms with E-state index in [2.05, 4.69) is 0 Å². The summed E-state index contributed by atoms with van der Waals surface area (Å²) in [6, 6.07) is 11.8. The van der Waals surface area contributed by atoms with Crippen LogP contribution in [0.1, 0.15) is 0 Å². The van der Waals surface area contributed by atoms with Crippen molar-refractivity contribution in [3.8, 4) is 0 Å². The normalized spacial score (nSPS) is 10.3. The summed E-state index contributed by atoms with van der Waals surface area (Å²) in [5, 5.41) is 11.6. The van der Waals surface area contributed by atoms with Gasteiger partial charge in [0, 0.05) is 21.7 Å². The molecule has 0 saturated carbocycles. The third-order valence-electron chi connectivity index (χ3n) is 2.22. The lowest BCUT2D eigenvalue weighted by Crippen LogP contribution is -1.93. The molecule has 0 amide bonds. The predicted octanol–water partition coefficient (Wildman–Crippen LogP) is 3.98. The molecular formula is C12H9ClN2O2S. The van der Waals surface area contributed by atoms with Gasteiger partial charge < -0.3 is 5.73 Å². The lowest BCUT2D eigenvalue weighted by molar-refractivity contribution is -0.387. The minimum atomic E-state index is -0.436. The Kier molecular flexibility index (Phi) is 3.74. The van der Waals surface area contributed by atoms with Crippen LogP contribution in [0.2, 0.25) is 5.02 Å². The van der Waals surface area contributed by atoms with E-state index in [0.29, 0.717) is 15.6 Å². The Hall–Kier alpha value is -1.72. The van der Waals surface area contributed by atoms with Gasteiger partial charge in [0.15, 0.2) is 0 Å². The zero-order chi connectivity index (χ0) is 13.1. The number of nitrogens with two attached hydrogens (primary N) is 1. The second-order valence-corrected chi connectivity index (χ2v) is 5.09. The maximum atomic E-state index is 10.9. The molecule has 0 unspecified atom stereocenters. The highest BCUT2D eigenvalue weighted by atomic mass is 35.5. The summed E-state index contributed by atoms with van der Waals surface area (Å²) < 4.78 is 0. The molecule has 2 N–H and O–H groups in total. The zero-order valence-corrected chi connectivity index (χ0v) is 10.7. The highest BCUT2D eigenvalue weighted by Crippen LogP contribution is 2.36. The van der Waals surface area contributed by atoms with Crippen molar-refractivity contribution in [2.45, 2.75) is 9.79 Å². The number of hydrogen-bond donors (Lipinski definition) is 1. The van der Waals surface area contributed by atoms with E-state index in [9.17, 15) is 10.1 Å². The van der Waals surface area contributed by atoms with Crippen molar-refractivity contribution in [3.63, 3.8) is 0 Å². The van der Waals surface area contributed by atoms with Gasteiger partial charge in [-0.2, -0.15) is 0 Å². The van der Waals surface area contributed by atoms with Crippen LogP contribution in [0.15, 0.2) is 52.3 Å². The number of nitrogen functional groups attached to an aromatic ring is 1. The topological polar surface area (TPSA) is 69.2 Å². The van der Waals surface area contributed by atoms with E-state index in [1.165, 1.54) is 17.8 Å². The van der Waals surface area contributed by atoms with Crippen LogP contribution in [-0.2, 0) is 0 Å². The molecule has 0 aromatic heterocycles. The largest absolute Gasteiger partial charge is 0.399 e. The molecule has 0 saturated heterocycles. The third kappa shape index (κ3) is 2.94. The summed E-state index contributed by atoms with van der Waals surface area (Å²) in [6.07, 6.45) is 0. The Labute approximate surface area is 113 Å². The van der Waals surface area contributed by atoms with Crippen LogP contribution in [0, 0.1) is 10.1 Å². The minimum absolute atomic E-state index is 0.00921. The van der Waals surface area contributed by atoms with Gasteiger partial charge in [-0.15, -0.1) is 0 Å². The van der Waals surface area contributed by atoms with E-state index in [1.54, 1.807) is 24.3 Å². The summed E-state index contributed by atoms with van der Waals surface area (Å²) in [7, 11) is 0. The van der Waals surface area contributed by atoms with Crippen molar-refractivity contribution >= 4 is 34.7 Å². The first-order chi connectivity index (χ1) is 8.56. The maximum absolute atomic E-state index is 10.9. The van der Waals surface area contributed by atoms with Gasteiger partial charge in [-0.25, -0.2) is 0 Å². The van der Waals surface area contributed by atoms with Gasteiger partial charge in [0.1, 0.15) is 0 Å². The molecule has 0 heterocycles. The van der Waals surface area contributed by atoms with Gasteiger partial charge in [-0.3, -0.25) is 10.1 Å². The number of hydrogen-bond acceptors (Lipinski definition) is 4. The Bertz CT molecular complexity index is 587. The lowest BCUT2D eigenvalue weighted by atomic mass is 10.3. The SMILES string of the molecule is Nc1ccc(Sc2ccc(Cl)cc2)c([N+](=O)[O-])c1. The molecule has 4 nitrogen and oxygen atoms in total. The molecule has 2 aromatic rings. The second-order valence-electron chi connectivity index (χ2n) is 3.54. The summed E-state index contributed by atoms with van der Waals surface area (Å²) in [5.41, 5.74) is 5.93. The Balaban J connectivity index is 2.34. The molecular weight excluding hydrogens is 272 g/mol. The molecule has 0 aliphatic rings. The quantitative estimate of drug-likeness (QED) is 0.524. The predicted molar refractivity (Wildman–Crippen MR) is 73.1 cm³/mol. The zero-order valence-electron chi connectivity index (χ0n) is 9.17. The Morgan fingerprint density at radius 2 is 1.83 bits per heavy atom. The number of benzene rings is 2. The first kappa shape index (κ1) is 12.7. The lowest BCUT2D eigenvalue weighted by Gasteiger charge is -2.04. The van der Waals surface area contributed by atoms with E-state index in [4.69, 9.17) is 17.3 Å². The van der Waals surface area contributed by atoms with Crippen LogP contribution in [-0.4, -0.2) is 4.92 Å². The molecule has 6 heteroatoms. The van der Waals surface area contributed by atoms with Crippen LogP contribution in [0.25, 0.3) is 0 Å². The third-order valence-corrected chi connectivity index (χ3v) is 3.55. The van der Waals surface area contributed by atoms with E-state index in [0.717, 1.165) is 4.90 Å². The molecule has 0 aliphatic carbocycles. The molecule has 2 aromatic carbocycles. The smallest absolute Gasteiger partial charge is 0.285 e. The molecule has 0 bridgehead atoms. The molecule has 0 fully saturated rings. The number of rotatable bonds is 3. The molecule has 18 heavy (non-hydrogen) atoms. The van der Waals surface area contributed by atoms with Gasteiger partial charge in [0.25, 0.3) is 5.69 Å². The number of nitrogens with zero attached hydrogens (tertiary/aromatic N) is 1. The summed E-state index contributed by atoms with van der Waals surface area (Å²) in [4.78, 5) is 11.9. The van der Waals surface area contributed by atoms with Crippen LogP contribution >= 0.6 is 23.4 Å². The van der Waals surface area contributed by atoms with Crippen LogP contribution < -0.4 is 5.73 Å². The van der Waals surface area contributed by atoms with Crippen molar-refractivity contribution in [2.75, 3.05) is 5.73 Å². The van der Waals surface area contributed by atoms with Gasteiger partial charge in [0.2, 0.25) is 0 Å².